The number of fused-ring (bicyclic) bond motifs is 6. The van der Waals surface area contributed by atoms with Crippen molar-refractivity contribution in [2.45, 2.75) is 19.3 Å². The highest BCUT2D eigenvalue weighted by Crippen LogP contribution is 2.49. The van der Waals surface area contributed by atoms with Crippen molar-refractivity contribution >= 4 is 21.9 Å². The van der Waals surface area contributed by atoms with Gasteiger partial charge in [-0.05, 0) is 79.9 Å². The molecule has 0 aliphatic heterocycles. The van der Waals surface area contributed by atoms with E-state index in [1.807, 2.05) is 18.2 Å². The van der Waals surface area contributed by atoms with Crippen LogP contribution in [0.4, 0.5) is 0 Å². The lowest BCUT2D eigenvalue weighted by Crippen LogP contribution is -2.14. The van der Waals surface area contributed by atoms with Gasteiger partial charge < -0.3 is 4.42 Å². The number of rotatable bonds is 6. The summed E-state index contributed by atoms with van der Waals surface area (Å²) in [5.74, 6) is 1.84. The summed E-state index contributed by atoms with van der Waals surface area (Å²) < 4.78 is 6.59. The smallest absolute Gasteiger partial charge is 0.164 e. The van der Waals surface area contributed by atoms with Crippen molar-refractivity contribution < 1.29 is 4.42 Å². The van der Waals surface area contributed by atoms with E-state index >= 15 is 0 Å². The molecule has 274 valence electrons. The fraction of sp³-hybridized carbons (Fsp3) is 0.0556. The molecule has 0 unspecified atom stereocenters. The van der Waals surface area contributed by atoms with Crippen LogP contribution in [0.15, 0.2) is 192 Å². The molecule has 4 heteroatoms. The van der Waals surface area contributed by atoms with Gasteiger partial charge in [-0.25, -0.2) is 15.0 Å². The van der Waals surface area contributed by atoms with E-state index in [1.54, 1.807) is 0 Å². The van der Waals surface area contributed by atoms with Crippen molar-refractivity contribution in [2.24, 2.45) is 0 Å². The van der Waals surface area contributed by atoms with Crippen LogP contribution in [0.25, 0.3) is 101 Å². The van der Waals surface area contributed by atoms with Crippen molar-refractivity contribution in [1.82, 2.24) is 15.0 Å². The molecule has 1 aliphatic carbocycles. The third kappa shape index (κ3) is 5.64. The summed E-state index contributed by atoms with van der Waals surface area (Å²) in [6.07, 6.45) is 0. The monoisotopic (exact) mass is 743 g/mol. The highest BCUT2D eigenvalue weighted by molar-refractivity contribution is 6.13. The lowest BCUT2D eigenvalue weighted by Gasteiger charge is -2.21. The van der Waals surface area contributed by atoms with E-state index < -0.39 is 0 Å². The van der Waals surface area contributed by atoms with Crippen LogP contribution in [0.2, 0.25) is 0 Å². The van der Waals surface area contributed by atoms with E-state index in [9.17, 15) is 0 Å². The van der Waals surface area contributed by atoms with Crippen molar-refractivity contribution in [2.75, 3.05) is 0 Å². The SMILES string of the molecule is CC1(C)c2ccccc2-c2cc(-c3nc(-c4ccc(-c5ccccc5)cc4)nc(-c4ccc5c(c4)oc4cccc(-c6ccc(-c7ccccc7)cc6)c45)n3)ccc21. The first-order valence-corrected chi connectivity index (χ1v) is 19.8. The fourth-order valence-corrected chi connectivity index (χ4v) is 8.74. The number of furan rings is 1. The summed E-state index contributed by atoms with van der Waals surface area (Å²) in [6, 6.07) is 66.1. The van der Waals surface area contributed by atoms with Crippen LogP contribution in [0.3, 0.4) is 0 Å². The molecule has 2 heterocycles. The molecule has 10 aromatic rings. The maximum atomic E-state index is 6.59. The van der Waals surface area contributed by atoms with Crippen molar-refractivity contribution in [1.29, 1.82) is 0 Å². The van der Waals surface area contributed by atoms with Gasteiger partial charge in [-0.2, -0.15) is 0 Å². The van der Waals surface area contributed by atoms with E-state index in [-0.39, 0.29) is 5.41 Å². The van der Waals surface area contributed by atoms with Crippen LogP contribution in [0.5, 0.6) is 0 Å². The van der Waals surface area contributed by atoms with Gasteiger partial charge in [0.15, 0.2) is 17.5 Å². The van der Waals surface area contributed by atoms with Crippen LogP contribution >= 0.6 is 0 Å². The minimum Gasteiger partial charge on any atom is -0.456 e. The van der Waals surface area contributed by atoms with Crippen molar-refractivity contribution in [3.63, 3.8) is 0 Å². The molecule has 0 radical (unpaired) electrons. The lowest BCUT2D eigenvalue weighted by molar-refractivity contribution is 0.660. The second-order valence-corrected chi connectivity index (χ2v) is 15.6. The highest BCUT2D eigenvalue weighted by atomic mass is 16.3. The van der Waals surface area contributed by atoms with Gasteiger partial charge in [-0.15, -0.1) is 0 Å². The molecule has 1 aliphatic rings. The van der Waals surface area contributed by atoms with E-state index in [2.05, 4.69) is 184 Å². The molecule has 0 amide bonds. The Kier molecular flexibility index (Phi) is 7.80. The number of hydrogen-bond acceptors (Lipinski definition) is 4. The van der Waals surface area contributed by atoms with Crippen LogP contribution in [-0.4, -0.2) is 15.0 Å². The second kappa shape index (κ2) is 13.4. The maximum Gasteiger partial charge on any atom is 0.164 e. The van der Waals surface area contributed by atoms with Gasteiger partial charge in [0.05, 0.1) is 0 Å². The molecule has 0 saturated carbocycles. The van der Waals surface area contributed by atoms with Gasteiger partial charge in [-0.1, -0.05) is 178 Å². The zero-order valence-electron chi connectivity index (χ0n) is 32.1. The molecule has 2 aromatic heterocycles. The molecule has 11 rings (SSSR count). The fourth-order valence-electron chi connectivity index (χ4n) is 8.74. The zero-order chi connectivity index (χ0) is 38.8. The topological polar surface area (TPSA) is 51.8 Å². The zero-order valence-corrected chi connectivity index (χ0v) is 32.1. The summed E-state index contributed by atoms with van der Waals surface area (Å²) in [4.78, 5) is 15.4. The van der Waals surface area contributed by atoms with E-state index in [0.29, 0.717) is 17.5 Å². The van der Waals surface area contributed by atoms with E-state index in [1.165, 1.54) is 38.9 Å². The summed E-state index contributed by atoms with van der Waals surface area (Å²) in [5, 5.41) is 2.14. The molecule has 0 spiro atoms. The molecule has 0 saturated heterocycles. The van der Waals surface area contributed by atoms with Crippen LogP contribution in [-0.2, 0) is 5.41 Å². The molecule has 4 nitrogen and oxygen atoms in total. The predicted molar refractivity (Wildman–Crippen MR) is 237 cm³/mol. The standard InChI is InChI=1S/C54H37N3O/c1-54(2)46-18-10-9-16-43(46)45-32-40(29-31-47(45)54)52-55-51(39-26-22-37(23-27-39)35-14-7-4-8-15-35)56-53(57-52)41-28-30-44-49(33-41)58-48-19-11-17-42(50(44)48)38-24-20-36(21-25-38)34-12-5-3-6-13-34/h3-33H,1-2H3. The molecule has 58 heavy (non-hydrogen) atoms. The van der Waals surface area contributed by atoms with Gasteiger partial charge in [0, 0.05) is 32.9 Å². The lowest BCUT2D eigenvalue weighted by atomic mass is 9.82. The van der Waals surface area contributed by atoms with Gasteiger partial charge in [0.1, 0.15) is 11.2 Å². The summed E-state index contributed by atoms with van der Waals surface area (Å²) in [6.45, 7) is 4.60. The third-order valence-electron chi connectivity index (χ3n) is 11.8. The Morgan fingerprint density at radius 1 is 0.345 bits per heavy atom. The molecule has 0 bridgehead atoms. The first-order valence-electron chi connectivity index (χ1n) is 19.8. The minimum atomic E-state index is -0.0894. The number of benzene rings is 8. The number of nitrogens with zero attached hydrogens (tertiary/aromatic N) is 3. The Balaban J connectivity index is 1.03. The largest absolute Gasteiger partial charge is 0.456 e. The molecule has 0 fully saturated rings. The Morgan fingerprint density at radius 2 is 0.828 bits per heavy atom. The third-order valence-corrected chi connectivity index (χ3v) is 11.8. The average Bonchev–Trinajstić information content (AvgIpc) is 3.78. The Bertz CT molecular complexity index is 3160. The number of aromatic nitrogens is 3. The number of hydrogen-bond donors (Lipinski definition) is 0. The summed E-state index contributed by atoms with van der Waals surface area (Å²) in [7, 11) is 0. The summed E-state index contributed by atoms with van der Waals surface area (Å²) >= 11 is 0. The highest BCUT2D eigenvalue weighted by Gasteiger charge is 2.35. The van der Waals surface area contributed by atoms with Crippen molar-refractivity contribution in [3.8, 4) is 78.7 Å². The van der Waals surface area contributed by atoms with Gasteiger partial charge in [0.25, 0.3) is 0 Å². The van der Waals surface area contributed by atoms with Crippen LogP contribution < -0.4 is 0 Å². The first kappa shape index (κ1) is 33.9. The van der Waals surface area contributed by atoms with E-state index in [0.717, 1.165) is 55.3 Å². The first-order chi connectivity index (χ1) is 28.5. The van der Waals surface area contributed by atoms with Crippen molar-refractivity contribution in [3.05, 3.63) is 199 Å². The average molecular weight is 744 g/mol. The Labute approximate surface area is 337 Å². The van der Waals surface area contributed by atoms with Crippen LogP contribution in [0.1, 0.15) is 25.0 Å². The normalized spacial score (nSPS) is 12.8. The Hall–Kier alpha value is -7.43. The predicted octanol–water partition coefficient (Wildman–Crippen LogP) is 14.1. The molecular weight excluding hydrogens is 707 g/mol. The molecule has 8 aromatic carbocycles. The molecule has 0 N–H and O–H groups in total. The molecular formula is C54H37N3O. The summed E-state index contributed by atoms with van der Waals surface area (Å²) in [5.41, 5.74) is 16.4. The quantitative estimate of drug-likeness (QED) is 0.170. The second-order valence-electron chi connectivity index (χ2n) is 15.6. The van der Waals surface area contributed by atoms with Gasteiger partial charge >= 0.3 is 0 Å². The minimum absolute atomic E-state index is 0.0894. The maximum absolute atomic E-state index is 6.59. The van der Waals surface area contributed by atoms with Gasteiger partial charge in [-0.3, -0.25) is 0 Å². The van der Waals surface area contributed by atoms with Crippen LogP contribution in [0, 0.1) is 0 Å². The van der Waals surface area contributed by atoms with E-state index in [4.69, 9.17) is 19.4 Å². The molecule has 0 atom stereocenters. The Morgan fingerprint density at radius 3 is 1.50 bits per heavy atom. The van der Waals surface area contributed by atoms with Gasteiger partial charge in [0.2, 0.25) is 0 Å².